The van der Waals surface area contributed by atoms with Crippen molar-refractivity contribution in [2.24, 2.45) is 5.41 Å². The van der Waals surface area contributed by atoms with E-state index in [4.69, 9.17) is 9.84 Å². The third kappa shape index (κ3) is 2.53. The lowest BCUT2D eigenvalue weighted by molar-refractivity contribution is -0.143. The van der Waals surface area contributed by atoms with Gasteiger partial charge in [0.05, 0.1) is 12.0 Å². The molecule has 96 valence electrons. The summed E-state index contributed by atoms with van der Waals surface area (Å²) >= 11 is 0. The summed E-state index contributed by atoms with van der Waals surface area (Å²) < 4.78 is 5.29. The molecule has 0 bridgehead atoms. The Morgan fingerprint density at radius 3 is 2.33 bits per heavy atom. The van der Waals surface area contributed by atoms with Crippen LogP contribution in [0.1, 0.15) is 36.5 Å². The Morgan fingerprint density at radius 2 is 1.89 bits per heavy atom. The molecule has 0 heterocycles. The molecule has 0 radical (unpaired) electrons. The fourth-order valence-electron chi connectivity index (χ4n) is 1.93. The van der Waals surface area contributed by atoms with Gasteiger partial charge in [-0.1, -0.05) is 0 Å². The van der Waals surface area contributed by atoms with Crippen LogP contribution in [0.4, 0.5) is 0 Å². The molecule has 1 fully saturated rings. The summed E-state index contributed by atoms with van der Waals surface area (Å²) in [6.45, 7) is 2.47. The number of benzene rings is 1. The Balaban J connectivity index is 2.03. The molecule has 0 aromatic heterocycles. The maximum absolute atomic E-state index is 12.0. The molecular weight excluding hydrogens is 232 g/mol. The molecule has 4 heteroatoms. The Labute approximate surface area is 106 Å². The molecule has 0 spiro atoms. The summed E-state index contributed by atoms with van der Waals surface area (Å²) in [5.41, 5.74) is -0.249. The zero-order chi connectivity index (χ0) is 13.2. The molecule has 1 saturated carbocycles. The molecule has 18 heavy (non-hydrogen) atoms. The molecule has 1 aromatic rings. The zero-order valence-electron chi connectivity index (χ0n) is 10.3. The number of carbonyl (C=O) groups excluding carboxylic acids is 1. The lowest BCUT2D eigenvalue weighted by Gasteiger charge is -2.09. The largest absolute Gasteiger partial charge is 0.494 e. The molecule has 0 aliphatic heterocycles. The first-order valence-corrected chi connectivity index (χ1v) is 6.07. The summed E-state index contributed by atoms with van der Waals surface area (Å²) in [5, 5.41) is 9.04. The van der Waals surface area contributed by atoms with E-state index in [0.717, 1.165) is 0 Å². The number of hydrogen-bond acceptors (Lipinski definition) is 3. The van der Waals surface area contributed by atoms with Crippen LogP contribution in [-0.4, -0.2) is 23.5 Å². The van der Waals surface area contributed by atoms with E-state index < -0.39 is 11.4 Å². The molecule has 0 amide bonds. The second-order valence-corrected chi connectivity index (χ2v) is 4.64. The van der Waals surface area contributed by atoms with E-state index in [1.165, 1.54) is 0 Å². The average molecular weight is 248 g/mol. The van der Waals surface area contributed by atoms with E-state index in [9.17, 15) is 9.59 Å². The number of carboxylic acid groups (broad SMARTS) is 1. The molecule has 1 aromatic carbocycles. The van der Waals surface area contributed by atoms with Crippen molar-refractivity contribution >= 4 is 11.8 Å². The maximum atomic E-state index is 12.0. The number of carboxylic acids is 1. The lowest BCUT2D eigenvalue weighted by atomic mass is 9.96. The predicted molar refractivity (Wildman–Crippen MR) is 65.9 cm³/mol. The minimum atomic E-state index is -0.859. The first kappa shape index (κ1) is 12.6. The van der Waals surface area contributed by atoms with Crippen LogP contribution in [0.2, 0.25) is 0 Å². The van der Waals surface area contributed by atoms with Gasteiger partial charge in [-0.2, -0.15) is 0 Å². The second-order valence-electron chi connectivity index (χ2n) is 4.64. The molecule has 0 saturated heterocycles. The normalized spacial score (nSPS) is 16.1. The number of hydrogen-bond donors (Lipinski definition) is 1. The predicted octanol–water partition coefficient (Wildman–Crippen LogP) is 2.52. The number of rotatable bonds is 6. The summed E-state index contributed by atoms with van der Waals surface area (Å²) in [7, 11) is 0. The third-order valence-corrected chi connectivity index (χ3v) is 3.29. The van der Waals surface area contributed by atoms with Gasteiger partial charge in [-0.05, 0) is 44.0 Å². The molecule has 2 rings (SSSR count). The highest BCUT2D eigenvalue weighted by Gasteiger charge is 2.51. The van der Waals surface area contributed by atoms with Crippen LogP contribution in [0.5, 0.6) is 5.75 Å². The van der Waals surface area contributed by atoms with Crippen LogP contribution in [0.25, 0.3) is 0 Å². The summed E-state index contributed by atoms with van der Waals surface area (Å²) in [5.74, 6) is -0.256. The highest BCUT2D eigenvalue weighted by Crippen LogP contribution is 2.49. The van der Waals surface area contributed by atoms with Crippen LogP contribution in [0.15, 0.2) is 24.3 Å². The van der Waals surface area contributed by atoms with Gasteiger partial charge in [0.1, 0.15) is 5.75 Å². The number of carbonyl (C=O) groups is 2. The van der Waals surface area contributed by atoms with Gasteiger partial charge in [-0.25, -0.2) is 0 Å². The van der Waals surface area contributed by atoms with Gasteiger partial charge in [0.15, 0.2) is 5.78 Å². The molecule has 4 nitrogen and oxygen atoms in total. The second kappa shape index (κ2) is 4.80. The fourth-order valence-corrected chi connectivity index (χ4v) is 1.93. The van der Waals surface area contributed by atoms with E-state index in [-0.39, 0.29) is 12.2 Å². The van der Waals surface area contributed by atoms with Gasteiger partial charge >= 0.3 is 5.97 Å². The first-order chi connectivity index (χ1) is 8.57. The van der Waals surface area contributed by atoms with Gasteiger partial charge in [0.2, 0.25) is 0 Å². The van der Waals surface area contributed by atoms with Crippen LogP contribution in [0, 0.1) is 5.41 Å². The van der Waals surface area contributed by atoms with Crippen molar-refractivity contribution in [3.8, 4) is 5.75 Å². The van der Waals surface area contributed by atoms with Crippen molar-refractivity contribution in [2.75, 3.05) is 6.61 Å². The van der Waals surface area contributed by atoms with Gasteiger partial charge < -0.3 is 9.84 Å². The number of ketones is 1. The summed E-state index contributed by atoms with van der Waals surface area (Å²) in [4.78, 5) is 23.0. The molecular formula is C14H16O4. The third-order valence-electron chi connectivity index (χ3n) is 3.29. The minimum Gasteiger partial charge on any atom is -0.494 e. The molecule has 0 unspecified atom stereocenters. The van der Waals surface area contributed by atoms with Crippen molar-refractivity contribution in [3.63, 3.8) is 0 Å². The standard InChI is InChI=1S/C14H16O4/c1-2-18-11-5-3-10(4-6-11)12(15)9-14(7-8-14)13(16)17/h3-6H,2,7-9H2,1H3,(H,16,17). The van der Waals surface area contributed by atoms with E-state index in [0.29, 0.717) is 30.8 Å². The first-order valence-electron chi connectivity index (χ1n) is 6.07. The number of Topliss-reactive ketones (excluding diaryl/α,β-unsaturated/α-hetero) is 1. The smallest absolute Gasteiger partial charge is 0.310 e. The van der Waals surface area contributed by atoms with Crippen molar-refractivity contribution in [3.05, 3.63) is 29.8 Å². The van der Waals surface area contributed by atoms with Crippen LogP contribution >= 0.6 is 0 Å². The van der Waals surface area contributed by atoms with Crippen molar-refractivity contribution in [1.82, 2.24) is 0 Å². The van der Waals surface area contributed by atoms with Crippen molar-refractivity contribution < 1.29 is 19.4 Å². The van der Waals surface area contributed by atoms with Gasteiger partial charge in [0, 0.05) is 12.0 Å². The number of ether oxygens (including phenoxy) is 1. The Bertz CT molecular complexity index is 457. The summed E-state index contributed by atoms with van der Waals surface area (Å²) in [6.07, 6.45) is 1.30. The minimum absolute atomic E-state index is 0.0936. The topological polar surface area (TPSA) is 63.6 Å². The lowest BCUT2D eigenvalue weighted by Crippen LogP contribution is -2.19. The zero-order valence-corrected chi connectivity index (χ0v) is 10.3. The highest BCUT2D eigenvalue weighted by atomic mass is 16.5. The van der Waals surface area contributed by atoms with Gasteiger partial charge in [-0.3, -0.25) is 9.59 Å². The fraction of sp³-hybridized carbons (Fsp3) is 0.429. The van der Waals surface area contributed by atoms with Gasteiger partial charge in [-0.15, -0.1) is 0 Å². The van der Waals surface area contributed by atoms with E-state index in [1.807, 2.05) is 6.92 Å². The highest BCUT2D eigenvalue weighted by molar-refractivity contribution is 5.99. The molecule has 0 atom stereocenters. The van der Waals surface area contributed by atoms with E-state index in [2.05, 4.69) is 0 Å². The van der Waals surface area contributed by atoms with Crippen LogP contribution in [-0.2, 0) is 4.79 Å². The monoisotopic (exact) mass is 248 g/mol. The van der Waals surface area contributed by atoms with Crippen LogP contribution < -0.4 is 4.74 Å². The van der Waals surface area contributed by atoms with Crippen molar-refractivity contribution in [2.45, 2.75) is 26.2 Å². The van der Waals surface area contributed by atoms with E-state index in [1.54, 1.807) is 24.3 Å². The Kier molecular flexibility index (Phi) is 3.36. The molecule has 1 N–H and O–H groups in total. The Hall–Kier alpha value is -1.84. The Morgan fingerprint density at radius 1 is 1.28 bits per heavy atom. The van der Waals surface area contributed by atoms with Crippen LogP contribution in [0.3, 0.4) is 0 Å². The quantitative estimate of drug-likeness (QED) is 0.786. The maximum Gasteiger partial charge on any atom is 0.310 e. The molecule has 1 aliphatic carbocycles. The van der Waals surface area contributed by atoms with Gasteiger partial charge in [0.25, 0.3) is 0 Å². The van der Waals surface area contributed by atoms with Crippen molar-refractivity contribution in [1.29, 1.82) is 0 Å². The summed E-state index contributed by atoms with van der Waals surface area (Å²) in [6, 6.07) is 6.84. The average Bonchev–Trinajstić information content (AvgIpc) is 3.11. The number of aliphatic carboxylic acids is 1. The SMILES string of the molecule is CCOc1ccc(C(=O)CC2(C(=O)O)CC2)cc1. The molecule has 1 aliphatic rings. The van der Waals surface area contributed by atoms with E-state index >= 15 is 0 Å².